The maximum atomic E-state index is 13.8. The van der Waals surface area contributed by atoms with Crippen molar-refractivity contribution < 1.29 is 27.2 Å². The molecule has 0 radical (unpaired) electrons. The Kier molecular flexibility index (Phi) is 8.18. The van der Waals surface area contributed by atoms with E-state index < -0.39 is 11.7 Å². The maximum absolute atomic E-state index is 13.8. The van der Waals surface area contributed by atoms with Gasteiger partial charge < -0.3 is 14.7 Å². The van der Waals surface area contributed by atoms with E-state index in [0.717, 1.165) is 28.2 Å². The Morgan fingerprint density at radius 1 is 0.841 bits per heavy atom. The van der Waals surface area contributed by atoms with Crippen molar-refractivity contribution in [2.45, 2.75) is 17.6 Å². The Labute approximate surface area is 256 Å². The van der Waals surface area contributed by atoms with E-state index >= 15 is 0 Å². The van der Waals surface area contributed by atoms with Crippen LogP contribution in [0.5, 0.6) is 0 Å². The molecule has 224 valence electrons. The van der Waals surface area contributed by atoms with E-state index in [-0.39, 0.29) is 24.2 Å². The van der Waals surface area contributed by atoms with E-state index in [0.29, 0.717) is 48.0 Å². The van der Waals surface area contributed by atoms with Gasteiger partial charge in [0.2, 0.25) is 0 Å². The fourth-order valence-corrected chi connectivity index (χ4v) is 6.34. The van der Waals surface area contributed by atoms with Crippen LogP contribution in [0, 0.1) is 5.82 Å². The van der Waals surface area contributed by atoms with Gasteiger partial charge in [0.05, 0.1) is 22.7 Å². The Bertz CT molecular complexity index is 1720. The monoisotopic (exact) mass is 617 g/mol. The molecule has 2 heterocycles. The first kappa shape index (κ1) is 29.5. The number of amides is 2. The number of hydrogen-bond donors (Lipinski definition) is 0. The van der Waals surface area contributed by atoms with Gasteiger partial charge in [-0.05, 0) is 65.7 Å². The molecule has 2 amide bonds. The third-order valence-corrected chi connectivity index (χ3v) is 8.71. The van der Waals surface area contributed by atoms with Crippen LogP contribution in [0.3, 0.4) is 0 Å². The number of halogens is 4. The third kappa shape index (κ3) is 6.35. The standard InChI is InChI=1S/C34H27F4N3O2S/c35-27-12-9-24(10-13-27)22-41-29-20-25(11-14-30(29)44-31(33(41)43)19-23-5-2-1-3-6-23)32(42)40-17-15-39(16-18-40)28-8-4-7-26(21-28)34(36,37)38/h1-14,19-21H,15-18,22H2. The molecule has 44 heavy (non-hydrogen) atoms. The largest absolute Gasteiger partial charge is 0.416 e. The molecular formula is C34H27F4N3O2S. The molecule has 4 aromatic rings. The van der Waals surface area contributed by atoms with E-state index in [4.69, 9.17) is 0 Å². The Morgan fingerprint density at radius 3 is 2.27 bits per heavy atom. The van der Waals surface area contributed by atoms with Gasteiger partial charge in [-0.3, -0.25) is 9.59 Å². The normalized spacial score (nSPS) is 16.3. The smallest absolute Gasteiger partial charge is 0.368 e. The lowest BCUT2D eigenvalue weighted by atomic mass is 10.1. The predicted octanol–water partition coefficient (Wildman–Crippen LogP) is 7.49. The Balaban J connectivity index is 1.24. The topological polar surface area (TPSA) is 43.9 Å². The van der Waals surface area contributed by atoms with Gasteiger partial charge in [0.1, 0.15) is 5.82 Å². The minimum Gasteiger partial charge on any atom is -0.368 e. The molecule has 4 aromatic carbocycles. The lowest BCUT2D eigenvalue weighted by Crippen LogP contribution is -2.48. The quantitative estimate of drug-likeness (QED) is 0.172. The SMILES string of the molecule is O=C(c1ccc2c(c1)N(Cc1ccc(F)cc1)C(=O)C(=Cc1ccccc1)S2)N1CCN(c2cccc(C(F)(F)F)c2)CC1. The molecule has 5 nitrogen and oxygen atoms in total. The first-order chi connectivity index (χ1) is 21.2. The molecule has 10 heteroatoms. The molecule has 0 atom stereocenters. The van der Waals surface area contributed by atoms with Gasteiger partial charge in [0.15, 0.2) is 0 Å². The lowest BCUT2D eigenvalue weighted by molar-refractivity contribution is -0.137. The van der Waals surface area contributed by atoms with Gasteiger partial charge in [-0.15, -0.1) is 0 Å². The summed E-state index contributed by atoms with van der Waals surface area (Å²) in [5.41, 5.74) is 2.37. The summed E-state index contributed by atoms with van der Waals surface area (Å²) < 4.78 is 53.2. The summed E-state index contributed by atoms with van der Waals surface area (Å²) in [5, 5.41) is 0. The highest BCUT2D eigenvalue weighted by Crippen LogP contribution is 2.43. The van der Waals surface area contributed by atoms with Gasteiger partial charge >= 0.3 is 6.18 Å². The molecule has 0 aromatic heterocycles. The average molecular weight is 618 g/mol. The van der Waals surface area contributed by atoms with Crippen molar-refractivity contribution >= 4 is 41.0 Å². The van der Waals surface area contributed by atoms with Crippen molar-refractivity contribution in [3.63, 3.8) is 0 Å². The number of fused-ring (bicyclic) bond motifs is 1. The zero-order valence-corrected chi connectivity index (χ0v) is 24.2. The summed E-state index contributed by atoms with van der Waals surface area (Å²) in [7, 11) is 0. The number of carbonyl (C=O) groups is 2. The number of hydrogen-bond acceptors (Lipinski definition) is 4. The predicted molar refractivity (Wildman–Crippen MR) is 164 cm³/mol. The van der Waals surface area contributed by atoms with Crippen LogP contribution < -0.4 is 9.80 Å². The molecule has 2 aliphatic rings. The highest BCUT2D eigenvalue weighted by atomic mass is 32.2. The highest BCUT2D eigenvalue weighted by Gasteiger charge is 2.33. The van der Waals surface area contributed by atoms with Gasteiger partial charge in [0, 0.05) is 42.3 Å². The lowest BCUT2D eigenvalue weighted by Gasteiger charge is -2.36. The third-order valence-electron chi connectivity index (χ3n) is 7.63. The van der Waals surface area contributed by atoms with E-state index in [1.54, 1.807) is 40.1 Å². The van der Waals surface area contributed by atoms with Crippen LogP contribution in [0.2, 0.25) is 0 Å². The van der Waals surface area contributed by atoms with Crippen LogP contribution in [0.4, 0.5) is 28.9 Å². The molecule has 1 saturated heterocycles. The fraction of sp³-hybridized carbons (Fsp3) is 0.176. The number of carbonyl (C=O) groups excluding carboxylic acids is 2. The average Bonchev–Trinajstić information content (AvgIpc) is 3.04. The molecule has 0 spiro atoms. The van der Waals surface area contributed by atoms with Crippen LogP contribution >= 0.6 is 11.8 Å². The summed E-state index contributed by atoms with van der Waals surface area (Å²) in [5.74, 6) is -0.823. The fourth-order valence-electron chi connectivity index (χ4n) is 5.30. The number of thioether (sulfide) groups is 1. The van der Waals surface area contributed by atoms with Gasteiger partial charge in [-0.2, -0.15) is 13.2 Å². The number of alkyl halides is 3. The van der Waals surface area contributed by atoms with Crippen molar-refractivity contribution in [2.24, 2.45) is 0 Å². The molecule has 6 rings (SSSR count). The summed E-state index contributed by atoms with van der Waals surface area (Å²) in [6.07, 6.45) is -2.60. The summed E-state index contributed by atoms with van der Waals surface area (Å²) in [6.45, 7) is 1.63. The van der Waals surface area contributed by atoms with Gasteiger partial charge in [-0.25, -0.2) is 4.39 Å². The Morgan fingerprint density at radius 2 is 1.57 bits per heavy atom. The summed E-state index contributed by atoms with van der Waals surface area (Å²) in [6, 6.07) is 25.9. The van der Waals surface area contributed by atoms with Crippen LogP contribution in [-0.4, -0.2) is 42.9 Å². The highest BCUT2D eigenvalue weighted by molar-refractivity contribution is 8.04. The van der Waals surface area contributed by atoms with Crippen molar-refractivity contribution in [3.8, 4) is 0 Å². The van der Waals surface area contributed by atoms with Crippen molar-refractivity contribution in [1.82, 2.24) is 4.90 Å². The molecule has 0 N–H and O–H groups in total. The summed E-state index contributed by atoms with van der Waals surface area (Å²) in [4.78, 5) is 33.8. The van der Waals surface area contributed by atoms with E-state index in [1.807, 2.05) is 47.4 Å². The number of anilines is 2. The second-order valence-corrected chi connectivity index (χ2v) is 11.6. The minimum atomic E-state index is -4.43. The van der Waals surface area contributed by atoms with Crippen LogP contribution in [0.25, 0.3) is 6.08 Å². The zero-order chi connectivity index (χ0) is 30.8. The second kappa shape index (κ2) is 12.2. The molecule has 2 aliphatic heterocycles. The minimum absolute atomic E-state index is 0.187. The zero-order valence-electron chi connectivity index (χ0n) is 23.4. The number of piperazine rings is 1. The van der Waals surface area contributed by atoms with E-state index in [1.165, 1.54) is 30.0 Å². The van der Waals surface area contributed by atoms with E-state index in [2.05, 4.69) is 0 Å². The number of nitrogens with zero attached hydrogens (tertiary/aromatic N) is 3. The molecule has 1 fully saturated rings. The van der Waals surface area contributed by atoms with Gasteiger partial charge in [-0.1, -0.05) is 60.3 Å². The van der Waals surface area contributed by atoms with Crippen LogP contribution in [0.15, 0.2) is 107 Å². The van der Waals surface area contributed by atoms with E-state index in [9.17, 15) is 27.2 Å². The van der Waals surface area contributed by atoms with Crippen LogP contribution in [-0.2, 0) is 17.5 Å². The number of rotatable bonds is 5. The first-order valence-electron chi connectivity index (χ1n) is 14.0. The molecule has 0 saturated carbocycles. The summed E-state index contributed by atoms with van der Waals surface area (Å²) >= 11 is 1.33. The number of benzene rings is 4. The van der Waals surface area contributed by atoms with Crippen LogP contribution in [0.1, 0.15) is 27.0 Å². The van der Waals surface area contributed by atoms with Crippen molar-refractivity contribution in [2.75, 3.05) is 36.0 Å². The second-order valence-electron chi connectivity index (χ2n) is 10.5. The van der Waals surface area contributed by atoms with Gasteiger partial charge in [0.25, 0.3) is 11.8 Å². The maximum Gasteiger partial charge on any atom is 0.416 e. The molecule has 0 unspecified atom stereocenters. The Hall–Kier alpha value is -4.57. The molecule has 0 bridgehead atoms. The van der Waals surface area contributed by atoms with Crippen molar-refractivity contribution in [1.29, 1.82) is 0 Å². The van der Waals surface area contributed by atoms with Crippen molar-refractivity contribution in [3.05, 3.63) is 130 Å². The molecule has 0 aliphatic carbocycles. The first-order valence-corrected chi connectivity index (χ1v) is 14.8. The molecular weight excluding hydrogens is 590 g/mol.